The molecule has 0 aromatic carbocycles. The van der Waals surface area contributed by atoms with Crippen LogP contribution in [0.3, 0.4) is 0 Å². The van der Waals surface area contributed by atoms with Gasteiger partial charge in [0.1, 0.15) is 0 Å². The monoisotopic (exact) mass is 142 g/mol. The highest BCUT2D eigenvalue weighted by molar-refractivity contribution is 5.98. The van der Waals surface area contributed by atoms with Crippen LogP contribution < -0.4 is 5.32 Å². The van der Waals surface area contributed by atoms with E-state index in [1.807, 2.05) is 13.8 Å². The number of allylic oxidation sites excluding steroid dienone is 1. The summed E-state index contributed by atoms with van der Waals surface area (Å²) in [5.41, 5.74) is 2.01. The molecule has 3 heteroatoms. The highest BCUT2D eigenvalue weighted by Crippen LogP contribution is 1.99. The summed E-state index contributed by atoms with van der Waals surface area (Å²) in [5, 5.41) is 18.7. The fourth-order valence-electron chi connectivity index (χ4n) is 0.532. The zero-order valence-electron chi connectivity index (χ0n) is 6.65. The van der Waals surface area contributed by atoms with Gasteiger partial charge in [0, 0.05) is 12.7 Å². The third kappa shape index (κ3) is 2.19. The Balaban J connectivity index is 4.30. The second-order valence-electron chi connectivity index (χ2n) is 2.14. The van der Waals surface area contributed by atoms with Crippen LogP contribution in [0.5, 0.6) is 0 Å². The molecule has 0 amide bonds. The molecule has 0 aliphatic carbocycles. The molecule has 0 saturated heterocycles. The van der Waals surface area contributed by atoms with Crippen LogP contribution in [-0.2, 0) is 0 Å². The maximum Gasteiger partial charge on any atom is 0.0849 e. The Bertz CT molecular complexity index is 161. The zero-order chi connectivity index (χ0) is 8.15. The van der Waals surface area contributed by atoms with Crippen molar-refractivity contribution in [2.24, 2.45) is 0 Å². The highest BCUT2D eigenvalue weighted by Gasteiger charge is 1.99. The van der Waals surface area contributed by atoms with Crippen molar-refractivity contribution in [3.63, 3.8) is 0 Å². The third-order valence-electron chi connectivity index (χ3n) is 1.55. The van der Waals surface area contributed by atoms with E-state index in [-0.39, 0.29) is 12.3 Å². The van der Waals surface area contributed by atoms with Gasteiger partial charge in [0.15, 0.2) is 0 Å². The molecule has 0 aliphatic rings. The predicted octanol–water partition coefficient (Wildman–Crippen LogP) is 0.512. The van der Waals surface area contributed by atoms with E-state index in [4.69, 9.17) is 10.5 Å². The van der Waals surface area contributed by atoms with Crippen molar-refractivity contribution in [3.8, 4) is 0 Å². The van der Waals surface area contributed by atoms with E-state index in [9.17, 15) is 0 Å². The lowest BCUT2D eigenvalue weighted by Gasteiger charge is -2.05. The number of aliphatic hydroxyl groups excluding tert-OH is 1. The maximum atomic E-state index is 8.56. The van der Waals surface area contributed by atoms with Gasteiger partial charge < -0.3 is 15.8 Å². The van der Waals surface area contributed by atoms with Gasteiger partial charge >= 0.3 is 0 Å². The second-order valence-corrected chi connectivity index (χ2v) is 2.14. The molecule has 0 fully saturated rings. The summed E-state index contributed by atoms with van der Waals surface area (Å²) in [6.45, 7) is 3.49. The van der Waals surface area contributed by atoms with Crippen LogP contribution in [-0.4, -0.2) is 24.5 Å². The number of hydrogen-bond donors (Lipinski definition) is 3. The molecule has 0 aliphatic heterocycles. The molecule has 0 heterocycles. The molecule has 58 valence electrons. The van der Waals surface area contributed by atoms with Crippen LogP contribution in [0.4, 0.5) is 0 Å². The van der Waals surface area contributed by atoms with E-state index in [0.717, 1.165) is 11.3 Å². The lowest BCUT2D eigenvalue weighted by Crippen LogP contribution is -2.12. The Morgan fingerprint density at radius 3 is 2.30 bits per heavy atom. The van der Waals surface area contributed by atoms with Crippen LogP contribution in [0.2, 0.25) is 0 Å². The number of hydrogen-bond acceptors (Lipinski definition) is 3. The summed E-state index contributed by atoms with van der Waals surface area (Å²) in [6, 6.07) is 0. The van der Waals surface area contributed by atoms with Crippen LogP contribution >= 0.6 is 0 Å². The van der Waals surface area contributed by atoms with E-state index in [1.165, 1.54) is 0 Å². The Kier molecular flexibility index (Phi) is 3.72. The quantitative estimate of drug-likeness (QED) is 0.503. The first-order chi connectivity index (χ1) is 4.63. The Hall–Kier alpha value is -0.830. The van der Waals surface area contributed by atoms with E-state index in [1.54, 1.807) is 7.05 Å². The van der Waals surface area contributed by atoms with E-state index < -0.39 is 0 Å². The van der Waals surface area contributed by atoms with Crippen molar-refractivity contribution in [3.05, 3.63) is 11.3 Å². The van der Waals surface area contributed by atoms with Gasteiger partial charge in [0.2, 0.25) is 0 Å². The van der Waals surface area contributed by atoms with E-state index in [2.05, 4.69) is 5.32 Å². The van der Waals surface area contributed by atoms with Crippen LogP contribution in [0.15, 0.2) is 11.3 Å². The topological polar surface area (TPSA) is 56.1 Å². The second kappa shape index (κ2) is 4.06. The average Bonchev–Trinajstić information content (AvgIpc) is 2.00. The number of rotatable bonds is 3. The minimum Gasteiger partial charge on any atom is -0.391 e. The lowest BCUT2D eigenvalue weighted by molar-refractivity contribution is 0.356. The summed E-state index contributed by atoms with van der Waals surface area (Å²) in [5.74, 6) is 0. The summed E-state index contributed by atoms with van der Waals surface area (Å²) in [6.07, 6.45) is 0. The van der Waals surface area contributed by atoms with Gasteiger partial charge in [-0.1, -0.05) is 0 Å². The maximum absolute atomic E-state index is 8.56. The first-order valence-electron chi connectivity index (χ1n) is 3.17. The molecule has 3 N–H and O–H groups in total. The SMILES string of the molecule is CN/C(C)=C(/C)C(=N)CO. The fourth-order valence-corrected chi connectivity index (χ4v) is 0.532. The summed E-state index contributed by atoms with van der Waals surface area (Å²) in [7, 11) is 1.80. The third-order valence-corrected chi connectivity index (χ3v) is 1.55. The minimum absolute atomic E-state index is 0.190. The van der Waals surface area contributed by atoms with Crippen molar-refractivity contribution in [1.29, 1.82) is 5.41 Å². The highest BCUT2D eigenvalue weighted by atomic mass is 16.3. The van der Waals surface area contributed by atoms with E-state index >= 15 is 0 Å². The predicted molar refractivity (Wildman–Crippen MR) is 42.2 cm³/mol. The molecule has 0 aromatic heterocycles. The first kappa shape index (κ1) is 9.17. The Morgan fingerprint density at radius 2 is 2.00 bits per heavy atom. The molecule has 0 saturated carbocycles. The van der Waals surface area contributed by atoms with Crippen molar-refractivity contribution >= 4 is 5.71 Å². The smallest absolute Gasteiger partial charge is 0.0849 e. The minimum atomic E-state index is -0.190. The van der Waals surface area contributed by atoms with Gasteiger partial charge in [-0.05, 0) is 19.4 Å². The van der Waals surface area contributed by atoms with Gasteiger partial charge in [0.05, 0.1) is 12.3 Å². The van der Waals surface area contributed by atoms with Crippen molar-refractivity contribution in [2.75, 3.05) is 13.7 Å². The number of nitrogens with one attached hydrogen (secondary N) is 2. The Labute approximate surface area is 61.3 Å². The molecular weight excluding hydrogens is 128 g/mol. The van der Waals surface area contributed by atoms with Gasteiger partial charge in [-0.2, -0.15) is 0 Å². The molecule has 0 atom stereocenters. The standard InChI is InChI=1S/C7H14N2O/c1-5(6(2)9-3)7(8)4-10/h8-10H,4H2,1-3H3/b6-5-,8-7?. The molecule has 0 radical (unpaired) electrons. The van der Waals surface area contributed by atoms with Gasteiger partial charge in [-0.25, -0.2) is 0 Å². The average molecular weight is 142 g/mol. The van der Waals surface area contributed by atoms with Crippen molar-refractivity contribution in [1.82, 2.24) is 5.32 Å². The first-order valence-corrected chi connectivity index (χ1v) is 3.17. The molecule has 10 heavy (non-hydrogen) atoms. The molecule has 0 aromatic rings. The molecule has 0 unspecified atom stereocenters. The van der Waals surface area contributed by atoms with Crippen LogP contribution in [0.1, 0.15) is 13.8 Å². The van der Waals surface area contributed by atoms with Crippen molar-refractivity contribution < 1.29 is 5.11 Å². The molecule has 0 spiro atoms. The summed E-state index contributed by atoms with van der Waals surface area (Å²) < 4.78 is 0. The summed E-state index contributed by atoms with van der Waals surface area (Å²) in [4.78, 5) is 0. The molecule has 3 nitrogen and oxygen atoms in total. The number of aliphatic hydroxyl groups is 1. The normalized spacial score (nSPS) is 12.4. The Morgan fingerprint density at radius 1 is 1.50 bits per heavy atom. The van der Waals surface area contributed by atoms with Gasteiger partial charge in [0.25, 0.3) is 0 Å². The largest absolute Gasteiger partial charge is 0.391 e. The van der Waals surface area contributed by atoms with Gasteiger partial charge in [-0.15, -0.1) is 0 Å². The zero-order valence-corrected chi connectivity index (χ0v) is 6.65. The fraction of sp³-hybridized carbons (Fsp3) is 0.571. The van der Waals surface area contributed by atoms with Crippen LogP contribution in [0.25, 0.3) is 0 Å². The van der Waals surface area contributed by atoms with Crippen molar-refractivity contribution in [2.45, 2.75) is 13.8 Å². The lowest BCUT2D eigenvalue weighted by atomic mass is 10.1. The molecule has 0 bridgehead atoms. The molecule has 0 rings (SSSR count). The molecular formula is C7H14N2O. The van der Waals surface area contributed by atoms with Gasteiger partial charge in [-0.3, -0.25) is 0 Å². The summed E-state index contributed by atoms with van der Waals surface area (Å²) >= 11 is 0. The van der Waals surface area contributed by atoms with E-state index in [0.29, 0.717) is 0 Å². The van der Waals surface area contributed by atoms with Crippen LogP contribution in [0, 0.1) is 5.41 Å².